The largest absolute Gasteiger partial charge is 0.381 e. The maximum Gasteiger partial charge on any atom is 0.285 e. The number of Topliss-reactive ketones (excluding diaryl/α,β-unsaturated/α-hetero) is 1. The van der Waals surface area contributed by atoms with Crippen molar-refractivity contribution in [2.24, 2.45) is 0 Å². The van der Waals surface area contributed by atoms with Gasteiger partial charge in [0.1, 0.15) is 11.7 Å². The topological polar surface area (TPSA) is 98.8 Å². The van der Waals surface area contributed by atoms with E-state index in [4.69, 9.17) is 4.74 Å². The van der Waals surface area contributed by atoms with Crippen LogP contribution in [-0.2, 0) is 30.3 Å². The summed E-state index contributed by atoms with van der Waals surface area (Å²) < 4.78 is 31.9. The summed E-state index contributed by atoms with van der Waals surface area (Å²) >= 11 is 0. The van der Waals surface area contributed by atoms with Crippen LogP contribution in [0.15, 0.2) is 24.3 Å². The van der Waals surface area contributed by atoms with Gasteiger partial charge in [0.25, 0.3) is 16.0 Å². The number of amides is 1. The Kier molecular flexibility index (Phi) is 8.03. The van der Waals surface area contributed by atoms with Crippen LogP contribution in [-0.4, -0.2) is 46.3 Å². The molecule has 7 nitrogen and oxygen atoms in total. The van der Waals surface area contributed by atoms with Crippen LogP contribution >= 0.6 is 0 Å². The number of rotatable bonds is 10. The van der Waals surface area contributed by atoms with Crippen LogP contribution in [0, 0.1) is 0 Å². The van der Waals surface area contributed by atoms with Gasteiger partial charge in [0, 0.05) is 19.1 Å². The molecule has 24 heavy (non-hydrogen) atoms. The van der Waals surface area contributed by atoms with Crippen molar-refractivity contribution in [3.63, 3.8) is 0 Å². The maximum atomic E-state index is 11.9. The normalized spacial score (nSPS) is 12.6. The molecule has 1 aromatic carbocycles. The van der Waals surface area contributed by atoms with Crippen molar-refractivity contribution in [3.05, 3.63) is 35.4 Å². The number of hydrogen-bond donors (Lipinski definition) is 1. The van der Waals surface area contributed by atoms with Crippen molar-refractivity contribution in [1.82, 2.24) is 5.32 Å². The second kappa shape index (κ2) is 9.51. The van der Waals surface area contributed by atoms with Gasteiger partial charge < -0.3 is 10.1 Å². The fourth-order valence-corrected chi connectivity index (χ4v) is 2.51. The first kappa shape index (κ1) is 20.3. The molecule has 8 heteroatoms. The van der Waals surface area contributed by atoms with E-state index in [0.717, 1.165) is 12.7 Å². The molecule has 0 aromatic heterocycles. The summed E-state index contributed by atoms with van der Waals surface area (Å²) in [5.41, 5.74) is 1.36. The first-order valence-corrected chi connectivity index (χ1v) is 9.02. The number of carbonyl (C=O) groups excluding carboxylic acids is 2. The molecule has 0 saturated heterocycles. The highest BCUT2D eigenvalue weighted by molar-refractivity contribution is 7.86. The van der Waals surface area contributed by atoms with E-state index in [0.29, 0.717) is 24.8 Å². The lowest BCUT2D eigenvalue weighted by Gasteiger charge is -2.13. The number of ketones is 1. The van der Waals surface area contributed by atoms with Gasteiger partial charge in [0.2, 0.25) is 0 Å². The number of benzene rings is 1. The number of carbonyl (C=O) groups is 2. The van der Waals surface area contributed by atoms with Crippen LogP contribution in [0.1, 0.15) is 35.7 Å². The Balaban J connectivity index is 2.56. The van der Waals surface area contributed by atoms with Crippen molar-refractivity contribution in [2.75, 3.05) is 20.1 Å². The minimum atomic E-state index is -3.74. The van der Waals surface area contributed by atoms with Crippen LogP contribution < -0.4 is 5.32 Å². The fraction of sp³-hybridized carbons (Fsp3) is 0.500. The van der Waals surface area contributed by atoms with Crippen LogP contribution in [0.5, 0.6) is 0 Å². The average molecular weight is 357 g/mol. The number of aryl methyl sites for hydroxylation is 1. The maximum absolute atomic E-state index is 11.9. The van der Waals surface area contributed by atoms with Gasteiger partial charge >= 0.3 is 0 Å². The molecule has 1 atom stereocenters. The molecule has 0 aliphatic rings. The van der Waals surface area contributed by atoms with E-state index in [1.807, 2.05) is 0 Å². The Morgan fingerprint density at radius 3 is 2.29 bits per heavy atom. The summed E-state index contributed by atoms with van der Waals surface area (Å²) in [6.45, 7) is 1.53. The molecule has 134 valence electrons. The minimum Gasteiger partial charge on any atom is -0.381 e. The summed E-state index contributed by atoms with van der Waals surface area (Å²) in [5, 5.41) is 2.28. The first-order chi connectivity index (χ1) is 11.3. The highest BCUT2D eigenvalue weighted by Crippen LogP contribution is 2.12. The Morgan fingerprint density at radius 1 is 1.17 bits per heavy atom. The van der Waals surface area contributed by atoms with Gasteiger partial charge in [0.15, 0.2) is 0 Å². The molecule has 0 fully saturated rings. The molecule has 0 spiro atoms. The Hall–Kier alpha value is -1.77. The lowest BCUT2D eigenvalue weighted by atomic mass is 10.0. The van der Waals surface area contributed by atoms with Crippen molar-refractivity contribution >= 4 is 21.8 Å². The zero-order valence-corrected chi connectivity index (χ0v) is 14.9. The van der Waals surface area contributed by atoms with Gasteiger partial charge in [-0.15, -0.1) is 0 Å². The lowest BCUT2D eigenvalue weighted by molar-refractivity contribution is -0.119. The molecule has 0 bridgehead atoms. The third kappa shape index (κ3) is 7.20. The smallest absolute Gasteiger partial charge is 0.285 e. The van der Waals surface area contributed by atoms with Crippen LogP contribution in [0.4, 0.5) is 0 Å². The average Bonchev–Trinajstić information content (AvgIpc) is 2.56. The molecule has 1 amide bonds. The third-order valence-electron chi connectivity index (χ3n) is 3.48. The SMILES string of the molecule is COC(CCc1ccc(C(=O)NCS(=O)(=O)OC)cc1)CC(C)=O. The van der Waals surface area contributed by atoms with E-state index in [9.17, 15) is 18.0 Å². The molecule has 0 aliphatic carbocycles. The molecular weight excluding hydrogens is 334 g/mol. The molecule has 1 N–H and O–H groups in total. The van der Waals surface area contributed by atoms with Gasteiger partial charge in [0.05, 0.1) is 13.2 Å². The predicted molar refractivity (Wildman–Crippen MR) is 89.1 cm³/mol. The Labute approximate surface area is 142 Å². The van der Waals surface area contributed by atoms with Gasteiger partial charge in [-0.05, 0) is 37.5 Å². The molecule has 0 radical (unpaired) electrons. The van der Waals surface area contributed by atoms with Crippen LogP contribution in [0.2, 0.25) is 0 Å². The van der Waals surface area contributed by atoms with Gasteiger partial charge in [-0.2, -0.15) is 8.42 Å². The summed E-state index contributed by atoms with van der Waals surface area (Å²) in [5.74, 6) is -0.988. The highest BCUT2D eigenvalue weighted by Gasteiger charge is 2.13. The zero-order chi connectivity index (χ0) is 18.2. The standard InChI is InChI=1S/C16H23NO6S/c1-12(18)10-15(22-2)9-6-13-4-7-14(8-5-13)16(19)17-11-24(20,21)23-3/h4-5,7-8,15H,6,9-11H2,1-3H3,(H,17,19). The molecule has 1 rings (SSSR count). The van der Waals surface area contributed by atoms with Crippen LogP contribution in [0.25, 0.3) is 0 Å². The summed E-state index contributed by atoms with van der Waals surface area (Å²) in [6.07, 6.45) is 1.68. The second-order valence-electron chi connectivity index (χ2n) is 5.37. The van der Waals surface area contributed by atoms with E-state index >= 15 is 0 Å². The monoisotopic (exact) mass is 357 g/mol. The second-order valence-corrected chi connectivity index (χ2v) is 7.11. The summed E-state index contributed by atoms with van der Waals surface area (Å²) in [6, 6.07) is 6.83. The van der Waals surface area contributed by atoms with E-state index in [-0.39, 0.29) is 11.9 Å². The van der Waals surface area contributed by atoms with E-state index in [1.165, 1.54) is 6.92 Å². The zero-order valence-electron chi connectivity index (χ0n) is 14.1. The molecule has 1 unspecified atom stereocenters. The molecule has 0 heterocycles. The molecular formula is C16H23NO6S. The van der Waals surface area contributed by atoms with Crippen molar-refractivity contribution in [3.8, 4) is 0 Å². The summed E-state index contributed by atoms with van der Waals surface area (Å²) in [7, 11) is -1.12. The van der Waals surface area contributed by atoms with Crippen molar-refractivity contribution < 1.29 is 26.9 Å². The van der Waals surface area contributed by atoms with Gasteiger partial charge in [-0.1, -0.05) is 12.1 Å². The third-order valence-corrected chi connectivity index (χ3v) is 4.49. The van der Waals surface area contributed by atoms with Crippen molar-refractivity contribution in [2.45, 2.75) is 32.3 Å². The first-order valence-electron chi connectivity index (χ1n) is 7.45. The number of methoxy groups -OCH3 is 1. The highest BCUT2D eigenvalue weighted by atomic mass is 32.2. The number of nitrogens with one attached hydrogen (secondary N) is 1. The van der Waals surface area contributed by atoms with Gasteiger partial charge in [-0.25, -0.2) is 0 Å². The minimum absolute atomic E-state index is 0.0832. The molecule has 0 aliphatic heterocycles. The Bertz CT molecular complexity index is 654. The fourth-order valence-electron chi connectivity index (χ4n) is 2.09. The van der Waals surface area contributed by atoms with E-state index in [2.05, 4.69) is 9.50 Å². The van der Waals surface area contributed by atoms with Gasteiger partial charge in [-0.3, -0.25) is 13.8 Å². The number of hydrogen-bond acceptors (Lipinski definition) is 6. The van der Waals surface area contributed by atoms with Crippen LogP contribution in [0.3, 0.4) is 0 Å². The number of ether oxygens (including phenoxy) is 1. The predicted octanol–water partition coefficient (Wildman–Crippen LogP) is 1.28. The van der Waals surface area contributed by atoms with E-state index in [1.54, 1.807) is 31.4 Å². The lowest BCUT2D eigenvalue weighted by Crippen LogP contribution is -2.30. The quantitative estimate of drug-likeness (QED) is 0.633. The Morgan fingerprint density at radius 2 is 1.79 bits per heavy atom. The van der Waals surface area contributed by atoms with E-state index < -0.39 is 21.9 Å². The van der Waals surface area contributed by atoms with Crippen molar-refractivity contribution in [1.29, 1.82) is 0 Å². The summed E-state index contributed by atoms with van der Waals surface area (Å²) in [4.78, 5) is 23.0. The molecule has 0 saturated carbocycles. The molecule has 1 aromatic rings.